The number of anilines is 1. The standard InChI is InChI=1S/C52H65F4N9O8/c1-30-27-36(43(67)59-38-23-25-65(26-24-38)48(71)73-50(5,6)7)19-22-39(30)33-13-9-31(10-14-33)28-40(61-42(66)35-15-11-32(12-16-35)29-58-47(70)72-49(2,3)4)44(68)60-37-20-17-34(18-21-37)41-62-45(64-63-41)51(53,54)52(55,56)46(69)57-8/h9-10,13-14,17-22,27,32,35,38,40H,11-12,15-16,23-26,28-29H2,1-8H3,(H,57,69)(H,58,70)(H,59,67)(H,60,68)(H,61,66)(H,62,63,64)/t32?,35?,40-/m0/s1. The Labute approximate surface area is 421 Å². The van der Waals surface area contributed by atoms with Crippen molar-refractivity contribution in [1.29, 1.82) is 0 Å². The molecule has 2 aliphatic rings. The summed E-state index contributed by atoms with van der Waals surface area (Å²) in [5.74, 6) is -15.6. The lowest BCUT2D eigenvalue weighted by Gasteiger charge is -2.33. The first-order valence-corrected chi connectivity index (χ1v) is 24.3. The van der Waals surface area contributed by atoms with Crippen molar-refractivity contribution in [3.8, 4) is 22.5 Å². The van der Waals surface area contributed by atoms with E-state index in [1.54, 1.807) is 31.7 Å². The van der Waals surface area contributed by atoms with E-state index in [9.17, 15) is 46.3 Å². The topological polar surface area (TPSA) is 226 Å². The molecule has 1 aliphatic carbocycles. The number of nitrogens with one attached hydrogen (secondary N) is 6. The summed E-state index contributed by atoms with van der Waals surface area (Å²) < 4.78 is 68.6. The number of benzene rings is 3. The molecule has 0 bridgehead atoms. The third-order valence-electron chi connectivity index (χ3n) is 12.6. The van der Waals surface area contributed by atoms with E-state index in [0.29, 0.717) is 63.7 Å². The molecule has 1 saturated heterocycles. The summed E-state index contributed by atoms with van der Waals surface area (Å²) in [6.45, 7) is 14.0. The fraction of sp³-hybridized carbons (Fsp3) is 0.500. The van der Waals surface area contributed by atoms with Gasteiger partial charge in [-0.2, -0.15) is 22.7 Å². The van der Waals surface area contributed by atoms with Crippen LogP contribution in [0, 0.1) is 18.8 Å². The first kappa shape index (κ1) is 55.3. The molecule has 1 aromatic heterocycles. The predicted molar refractivity (Wildman–Crippen MR) is 264 cm³/mol. The van der Waals surface area contributed by atoms with Crippen LogP contribution >= 0.6 is 0 Å². The van der Waals surface area contributed by atoms with Gasteiger partial charge in [0, 0.05) is 61.9 Å². The van der Waals surface area contributed by atoms with Crippen LogP contribution in [0.5, 0.6) is 0 Å². The smallest absolute Gasteiger partial charge is 0.410 e. The molecule has 1 atom stereocenters. The predicted octanol–water partition coefficient (Wildman–Crippen LogP) is 8.05. The quantitative estimate of drug-likeness (QED) is 0.0629. The Kier molecular flexibility index (Phi) is 17.2. The largest absolute Gasteiger partial charge is 0.444 e. The van der Waals surface area contributed by atoms with Crippen LogP contribution in [0.2, 0.25) is 0 Å². The van der Waals surface area contributed by atoms with Gasteiger partial charge in [0.15, 0.2) is 5.82 Å². The minimum Gasteiger partial charge on any atom is -0.444 e. The molecule has 6 rings (SSSR count). The first-order valence-electron chi connectivity index (χ1n) is 24.3. The van der Waals surface area contributed by atoms with Gasteiger partial charge in [0.25, 0.3) is 11.8 Å². The molecule has 6 amide bonds. The van der Waals surface area contributed by atoms with Gasteiger partial charge < -0.3 is 41.0 Å². The number of alkyl halides is 4. The molecular formula is C52H65F4N9O8. The van der Waals surface area contributed by atoms with Crippen LogP contribution < -0.4 is 26.6 Å². The Morgan fingerprint density at radius 1 is 0.795 bits per heavy atom. The number of carbonyl (C=O) groups is 6. The third kappa shape index (κ3) is 14.6. The maximum Gasteiger partial charge on any atom is 0.410 e. The zero-order chi connectivity index (χ0) is 53.5. The van der Waals surface area contributed by atoms with Gasteiger partial charge in [0.1, 0.15) is 17.2 Å². The number of rotatable bonds is 15. The highest BCUT2D eigenvalue weighted by molar-refractivity contribution is 5.98. The maximum absolute atomic E-state index is 14.7. The van der Waals surface area contributed by atoms with Crippen molar-refractivity contribution in [2.24, 2.45) is 11.8 Å². The number of nitrogens with zero attached hydrogens (tertiary/aromatic N) is 3. The van der Waals surface area contributed by atoms with Crippen LogP contribution in [0.4, 0.5) is 32.8 Å². The molecule has 0 spiro atoms. The number of amides is 6. The highest BCUT2D eigenvalue weighted by Crippen LogP contribution is 2.42. The number of hydrogen-bond donors (Lipinski definition) is 6. The summed E-state index contributed by atoms with van der Waals surface area (Å²) in [7, 11) is 0.795. The number of carbonyl (C=O) groups excluding carboxylic acids is 6. The van der Waals surface area contributed by atoms with Crippen molar-refractivity contribution in [2.45, 2.75) is 129 Å². The zero-order valence-electron chi connectivity index (χ0n) is 42.4. The number of aromatic amines is 1. The molecule has 0 radical (unpaired) electrons. The van der Waals surface area contributed by atoms with Gasteiger partial charge in [-0.3, -0.25) is 24.3 Å². The molecule has 21 heteroatoms. The van der Waals surface area contributed by atoms with E-state index in [-0.39, 0.29) is 53.4 Å². The molecule has 394 valence electrons. The van der Waals surface area contributed by atoms with Crippen molar-refractivity contribution in [3.05, 3.63) is 89.2 Å². The SMILES string of the molecule is CNC(=O)C(F)(F)C(F)(F)c1n[nH]c(-c2ccc(NC(=O)[C@H](Cc3ccc(-c4ccc(C(=O)NC5CCN(C(=O)OC(C)(C)C)CC5)cc4C)cc3)NC(=O)C3CCC(CNC(=O)OC(C)(C)C)CC3)cc2)n1. The van der Waals surface area contributed by atoms with Gasteiger partial charge in [-0.15, -0.1) is 0 Å². The maximum atomic E-state index is 14.7. The van der Waals surface area contributed by atoms with Crippen molar-refractivity contribution in [2.75, 3.05) is 32.0 Å². The van der Waals surface area contributed by atoms with Gasteiger partial charge in [0.05, 0.1) is 0 Å². The average Bonchev–Trinajstić information content (AvgIpc) is 3.84. The van der Waals surface area contributed by atoms with Crippen molar-refractivity contribution in [3.63, 3.8) is 0 Å². The fourth-order valence-electron chi connectivity index (χ4n) is 8.57. The molecule has 0 unspecified atom stereocenters. The minimum atomic E-state index is -5.14. The van der Waals surface area contributed by atoms with E-state index in [1.165, 1.54) is 29.6 Å². The summed E-state index contributed by atoms with van der Waals surface area (Å²) in [6, 6.07) is 17.4. The molecule has 6 N–H and O–H groups in total. The summed E-state index contributed by atoms with van der Waals surface area (Å²) >= 11 is 0. The van der Waals surface area contributed by atoms with E-state index < -0.39 is 58.7 Å². The van der Waals surface area contributed by atoms with Crippen LogP contribution in [-0.4, -0.2) is 112 Å². The lowest BCUT2D eigenvalue weighted by atomic mass is 9.81. The van der Waals surface area contributed by atoms with Crippen LogP contribution in [-0.2, 0) is 36.2 Å². The lowest BCUT2D eigenvalue weighted by Crippen LogP contribution is -2.50. The summed E-state index contributed by atoms with van der Waals surface area (Å²) in [5, 5.41) is 18.6. The second-order valence-electron chi connectivity index (χ2n) is 20.6. The first-order chi connectivity index (χ1) is 34.2. The summed E-state index contributed by atoms with van der Waals surface area (Å²) in [6.07, 6.45) is 2.82. The highest BCUT2D eigenvalue weighted by atomic mass is 19.3. The fourth-order valence-corrected chi connectivity index (χ4v) is 8.57. The Bertz CT molecular complexity index is 2620. The highest BCUT2D eigenvalue weighted by Gasteiger charge is 2.65. The van der Waals surface area contributed by atoms with Crippen LogP contribution in [0.25, 0.3) is 22.5 Å². The normalized spacial score (nSPS) is 17.2. The number of hydrogen-bond acceptors (Lipinski definition) is 10. The van der Waals surface area contributed by atoms with Crippen LogP contribution in [0.3, 0.4) is 0 Å². The second kappa shape index (κ2) is 22.8. The number of alkyl carbamates (subject to hydrolysis) is 1. The molecule has 4 aromatic rings. The molecule has 2 fully saturated rings. The van der Waals surface area contributed by atoms with Crippen LogP contribution in [0.1, 0.15) is 107 Å². The van der Waals surface area contributed by atoms with Crippen molar-refractivity contribution in [1.82, 2.24) is 41.3 Å². The number of ether oxygens (including phenoxy) is 2. The monoisotopic (exact) mass is 1020 g/mol. The Balaban J connectivity index is 1.11. The second-order valence-corrected chi connectivity index (χ2v) is 20.6. The number of piperidine rings is 1. The molecule has 1 saturated carbocycles. The number of H-pyrrole nitrogens is 1. The average molecular weight is 1020 g/mol. The van der Waals surface area contributed by atoms with Gasteiger partial charge in [-0.25, -0.2) is 14.6 Å². The lowest BCUT2D eigenvalue weighted by molar-refractivity contribution is -0.218. The number of halogens is 4. The Morgan fingerprint density at radius 3 is 2.00 bits per heavy atom. The van der Waals surface area contributed by atoms with Gasteiger partial charge in [0.2, 0.25) is 17.6 Å². The van der Waals surface area contributed by atoms with E-state index >= 15 is 0 Å². The summed E-state index contributed by atoms with van der Waals surface area (Å²) in [4.78, 5) is 82.6. The number of aryl methyl sites for hydroxylation is 1. The minimum absolute atomic E-state index is 0.0929. The number of likely N-dealkylation sites (tertiary alicyclic amines) is 1. The van der Waals surface area contributed by atoms with Gasteiger partial charge >= 0.3 is 24.0 Å². The molecule has 3 aromatic carbocycles. The molecule has 2 heterocycles. The molecule has 1 aliphatic heterocycles. The zero-order valence-corrected chi connectivity index (χ0v) is 42.4. The van der Waals surface area contributed by atoms with Gasteiger partial charge in [-0.1, -0.05) is 30.3 Å². The van der Waals surface area contributed by atoms with E-state index in [2.05, 4.69) is 36.4 Å². The Morgan fingerprint density at radius 2 is 1.41 bits per heavy atom. The molecule has 17 nitrogen and oxygen atoms in total. The van der Waals surface area contributed by atoms with E-state index in [1.807, 2.05) is 64.1 Å². The number of aromatic nitrogens is 3. The van der Waals surface area contributed by atoms with E-state index in [0.717, 1.165) is 29.3 Å². The van der Waals surface area contributed by atoms with Gasteiger partial charge in [-0.05, 0) is 152 Å². The summed E-state index contributed by atoms with van der Waals surface area (Å²) in [5.41, 5.74) is 2.99. The van der Waals surface area contributed by atoms with Crippen LogP contribution in [0.15, 0.2) is 66.7 Å². The Hall–Kier alpha value is -7.06. The van der Waals surface area contributed by atoms with Crippen molar-refractivity contribution < 1.29 is 55.8 Å². The third-order valence-corrected chi connectivity index (χ3v) is 12.6. The van der Waals surface area contributed by atoms with E-state index in [4.69, 9.17) is 9.47 Å². The molecular weight excluding hydrogens is 955 g/mol. The van der Waals surface area contributed by atoms with Crippen molar-refractivity contribution >= 4 is 41.5 Å². The molecule has 73 heavy (non-hydrogen) atoms.